The Morgan fingerprint density at radius 3 is 2.89 bits per heavy atom. The molecule has 1 fully saturated rings. The third-order valence-corrected chi connectivity index (χ3v) is 5.63. The summed E-state index contributed by atoms with van der Waals surface area (Å²) in [6.07, 6.45) is 0. The summed E-state index contributed by atoms with van der Waals surface area (Å²) < 4.78 is 1.05. The van der Waals surface area contributed by atoms with Crippen LogP contribution in [0.15, 0.2) is 18.2 Å². The number of carbonyl (C=O) groups is 1. The standard InChI is InChI=1S/C14H19IN2OS/c1-11-3-2-4-12(13(11)15)14(18)16-5-6-17-7-9-19-10-8-17/h2-4H,5-10H2,1H3,(H,16,18). The highest BCUT2D eigenvalue weighted by atomic mass is 127. The van der Waals surface area contributed by atoms with Crippen LogP contribution in [0.25, 0.3) is 0 Å². The summed E-state index contributed by atoms with van der Waals surface area (Å²) in [7, 11) is 0. The largest absolute Gasteiger partial charge is 0.351 e. The SMILES string of the molecule is Cc1cccc(C(=O)NCCN2CCSCC2)c1I. The number of thioether (sulfide) groups is 1. The number of halogens is 1. The van der Waals surface area contributed by atoms with E-state index in [4.69, 9.17) is 0 Å². The maximum Gasteiger partial charge on any atom is 0.252 e. The van der Waals surface area contributed by atoms with E-state index >= 15 is 0 Å². The van der Waals surface area contributed by atoms with Gasteiger partial charge in [0, 0.05) is 41.3 Å². The van der Waals surface area contributed by atoms with Gasteiger partial charge in [-0.25, -0.2) is 0 Å². The van der Waals surface area contributed by atoms with Crippen molar-refractivity contribution in [1.29, 1.82) is 0 Å². The van der Waals surface area contributed by atoms with Crippen molar-refractivity contribution < 1.29 is 4.79 Å². The van der Waals surface area contributed by atoms with E-state index in [9.17, 15) is 4.79 Å². The van der Waals surface area contributed by atoms with Gasteiger partial charge in [0.1, 0.15) is 0 Å². The van der Waals surface area contributed by atoms with Crippen molar-refractivity contribution in [1.82, 2.24) is 10.2 Å². The lowest BCUT2D eigenvalue weighted by molar-refractivity contribution is 0.0948. The lowest BCUT2D eigenvalue weighted by Gasteiger charge is -2.26. The summed E-state index contributed by atoms with van der Waals surface area (Å²) in [5.41, 5.74) is 1.94. The van der Waals surface area contributed by atoms with E-state index in [-0.39, 0.29) is 5.91 Å². The van der Waals surface area contributed by atoms with E-state index in [1.807, 2.05) is 36.9 Å². The number of hydrogen-bond acceptors (Lipinski definition) is 3. The number of carbonyl (C=O) groups excluding carboxylic acids is 1. The van der Waals surface area contributed by atoms with Crippen LogP contribution < -0.4 is 5.32 Å². The zero-order chi connectivity index (χ0) is 13.7. The number of rotatable bonds is 4. The van der Waals surface area contributed by atoms with Crippen LogP contribution >= 0.6 is 34.4 Å². The molecule has 1 aliphatic heterocycles. The maximum atomic E-state index is 12.1. The summed E-state index contributed by atoms with van der Waals surface area (Å²) in [6.45, 7) is 6.00. The highest BCUT2D eigenvalue weighted by Crippen LogP contribution is 2.16. The maximum absolute atomic E-state index is 12.1. The molecule has 1 aromatic rings. The van der Waals surface area contributed by atoms with Gasteiger partial charge in [0.25, 0.3) is 5.91 Å². The number of hydrogen-bond donors (Lipinski definition) is 1. The first-order chi connectivity index (χ1) is 9.18. The predicted molar refractivity (Wildman–Crippen MR) is 90.0 cm³/mol. The summed E-state index contributed by atoms with van der Waals surface area (Å²) >= 11 is 4.25. The van der Waals surface area contributed by atoms with Gasteiger partial charge in [0.15, 0.2) is 0 Å². The molecule has 1 aliphatic rings. The molecule has 1 amide bonds. The molecule has 104 valence electrons. The highest BCUT2D eigenvalue weighted by molar-refractivity contribution is 14.1. The summed E-state index contributed by atoms with van der Waals surface area (Å²) in [5, 5.41) is 3.02. The molecule has 0 unspecified atom stereocenters. The second kappa shape index (κ2) is 7.50. The first kappa shape index (κ1) is 15.1. The van der Waals surface area contributed by atoms with Crippen LogP contribution in [-0.4, -0.2) is 48.5 Å². The molecular weight excluding hydrogens is 371 g/mol. The minimum Gasteiger partial charge on any atom is -0.351 e. The van der Waals surface area contributed by atoms with Crippen molar-refractivity contribution >= 4 is 40.3 Å². The summed E-state index contributed by atoms with van der Waals surface area (Å²) in [4.78, 5) is 14.5. The smallest absolute Gasteiger partial charge is 0.252 e. The van der Waals surface area contributed by atoms with Crippen LogP contribution in [0.3, 0.4) is 0 Å². The molecule has 0 aromatic heterocycles. The van der Waals surface area contributed by atoms with Crippen molar-refractivity contribution in [3.63, 3.8) is 0 Å². The van der Waals surface area contributed by atoms with Crippen molar-refractivity contribution in [3.8, 4) is 0 Å². The van der Waals surface area contributed by atoms with Crippen LogP contribution in [0, 0.1) is 10.5 Å². The van der Waals surface area contributed by atoms with E-state index in [0.717, 1.165) is 40.9 Å². The van der Waals surface area contributed by atoms with Gasteiger partial charge in [0.05, 0.1) is 5.56 Å². The Morgan fingerprint density at radius 2 is 2.16 bits per heavy atom. The number of nitrogens with one attached hydrogen (secondary N) is 1. The first-order valence-corrected chi connectivity index (χ1v) is 8.75. The lowest BCUT2D eigenvalue weighted by Crippen LogP contribution is -2.39. The van der Waals surface area contributed by atoms with Gasteiger partial charge >= 0.3 is 0 Å². The number of benzene rings is 1. The molecule has 3 nitrogen and oxygen atoms in total. The Balaban J connectivity index is 1.82. The summed E-state index contributed by atoms with van der Waals surface area (Å²) in [5.74, 6) is 2.47. The molecule has 1 heterocycles. The Morgan fingerprint density at radius 1 is 1.42 bits per heavy atom. The molecule has 2 rings (SSSR count). The first-order valence-electron chi connectivity index (χ1n) is 6.52. The predicted octanol–water partition coefficient (Wildman–Crippen LogP) is 2.38. The van der Waals surface area contributed by atoms with E-state index in [0.29, 0.717) is 0 Å². The van der Waals surface area contributed by atoms with Gasteiger partial charge in [-0.2, -0.15) is 11.8 Å². The van der Waals surface area contributed by atoms with Gasteiger partial charge in [-0.3, -0.25) is 9.69 Å². The number of aryl methyl sites for hydroxylation is 1. The van der Waals surface area contributed by atoms with Gasteiger partial charge in [-0.05, 0) is 41.1 Å². The second-order valence-corrected chi connectivity index (χ2v) is 6.95. The van der Waals surface area contributed by atoms with E-state index in [2.05, 4.69) is 32.8 Å². The molecule has 0 saturated carbocycles. The van der Waals surface area contributed by atoms with Crippen molar-refractivity contribution in [2.45, 2.75) is 6.92 Å². The Labute approximate surface area is 132 Å². The topological polar surface area (TPSA) is 32.3 Å². The van der Waals surface area contributed by atoms with Crippen LogP contribution in [0.1, 0.15) is 15.9 Å². The fraction of sp³-hybridized carbons (Fsp3) is 0.500. The van der Waals surface area contributed by atoms with Gasteiger partial charge in [0.2, 0.25) is 0 Å². The molecule has 1 aromatic carbocycles. The molecule has 5 heteroatoms. The molecule has 1 saturated heterocycles. The molecule has 19 heavy (non-hydrogen) atoms. The minimum absolute atomic E-state index is 0.0412. The Hall–Kier alpha value is -0.270. The van der Waals surface area contributed by atoms with Crippen LogP contribution in [-0.2, 0) is 0 Å². The van der Waals surface area contributed by atoms with E-state index in [1.54, 1.807) is 0 Å². The average Bonchev–Trinajstić information content (AvgIpc) is 2.43. The van der Waals surface area contributed by atoms with Crippen molar-refractivity contribution in [2.75, 3.05) is 37.7 Å². The average molecular weight is 390 g/mol. The highest BCUT2D eigenvalue weighted by Gasteiger charge is 2.13. The molecule has 1 N–H and O–H groups in total. The van der Waals surface area contributed by atoms with Gasteiger partial charge < -0.3 is 5.32 Å². The molecule has 0 aliphatic carbocycles. The van der Waals surface area contributed by atoms with Crippen LogP contribution in [0.4, 0.5) is 0 Å². The lowest BCUT2D eigenvalue weighted by atomic mass is 10.1. The normalized spacial score (nSPS) is 16.3. The van der Waals surface area contributed by atoms with Crippen molar-refractivity contribution in [3.05, 3.63) is 32.9 Å². The van der Waals surface area contributed by atoms with Gasteiger partial charge in [-0.1, -0.05) is 12.1 Å². The van der Waals surface area contributed by atoms with E-state index in [1.165, 1.54) is 11.5 Å². The zero-order valence-corrected chi connectivity index (χ0v) is 14.1. The molecule has 0 atom stereocenters. The molecule has 0 radical (unpaired) electrons. The van der Waals surface area contributed by atoms with Gasteiger partial charge in [-0.15, -0.1) is 0 Å². The number of amides is 1. The Bertz CT molecular complexity index is 447. The van der Waals surface area contributed by atoms with Crippen LogP contribution in [0.5, 0.6) is 0 Å². The molecular formula is C14H19IN2OS. The summed E-state index contributed by atoms with van der Waals surface area (Å²) in [6, 6.07) is 5.86. The third-order valence-electron chi connectivity index (χ3n) is 3.25. The number of nitrogens with zero attached hydrogens (tertiary/aromatic N) is 1. The van der Waals surface area contributed by atoms with E-state index < -0.39 is 0 Å². The third kappa shape index (κ3) is 4.36. The second-order valence-electron chi connectivity index (χ2n) is 4.65. The van der Waals surface area contributed by atoms with Crippen molar-refractivity contribution in [2.24, 2.45) is 0 Å². The van der Waals surface area contributed by atoms with Crippen LogP contribution in [0.2, 0.25) is 0 Å². The monoisotopic (exact) mass is 390 g/mol. The molecule has 0 bridgehead atoms. The minimum atomic E-state index is 0.0412. The Kier molecular flexibility index (Phi) is 5.97. The molecule has 0 spiro atoms. The fourth-order valence-corrected chi connectivity index (χ4v) is 3.65. The quantitative estimate of drug-likeness (QED) is 0.802. The zero-order valence-electron chi connectivity index (χ0n) is 11.1. The fourth-order valence-electron chi connectivity index (χ4n) is 2.07.